The van der Waals surface area contributed by atoms with E-state index in [1.165, 1.54) is 0 Å². The van der Waals surface area contributed by atoms with Gasteiger partial charge in [-0.15, -0.1) is 0 Å². The third kappa shape index (κ3) is 4.69. The number of carbonyl (C=O) groups excluding carboxylic acids is 1. The lowest BCUT2D eigenvalue weighted by atomic mass is 10.1. The molecule has 2 amide bonds. The highest BCUT2D eigenvalue weighted by atomic mass is 16.5. The number of nitrogens with one attached hydrogen (secondary N) is 2. The van der Waals surface area contributed by atoms with Gasteiger partial charge in [-0.25, -0.2) is 4.79 Å². The number of amides is 2. The second-order valence-corrected chi connectivity index (χ2v) is 5.51. The predicted molar refractivity (Wildman–Crippen MR) is 91.8 cm³/mol. The molecule has 0 spiro atoms. The van der Waals surface area contributed by atoms with Gasteiger partial charge < -0.3 is 19.6 Å². The SMILES string of the molecule is CCc1noc(-c2ccc(CCNC(=O)NCc3ccco3)cc2)n1. The minimum Gasteiger partial charge on any atom is -0.467 e. The summed E-state index contributed by atoms with van der Waals surface area (Å²) in [5, 5.41) is 9.45. The van der Waals surface area contributed by atoms with Crippen molar-refractivity contribution in [2.24, 2.45) is 0 Å². The van der Waals surface area contributed by atoms with Crippen LogP contribution in [0.5, 0.6) is 0 Å². The lowest BCUT2D eigenvalue weighted by Crippen LogP contribution is -2.36. The van der Waals surface area contributed by atoms with Gasteiger partial charge in [0.2, 0.25) is 0 Å². The number of benzene rings is 1. The summed E-state index contributed by atoms with van der Waals surface area (Å²) >= 11 is 0. The summed E-state index contributed by atoms with van der Waals surface area (Å²) in [7, 11) is 0. The van der Waals surface area contributed by atoms with Crippen molar-refractivity contribution in [1.29, 1.82) is 0 Å². The van der Waals surface area contributed by atoms with Gasteiger partial charge in [0.05, 0.1) is 12.8 Å². The fourth-order valence-corrected chi connectivity index (χ4v) is 2.29. The van der Waals surface area contributed by atoms with Crippen LogP contribution in [-0.2, 0) is 19.4 Å². The van der Waals surface area contributed by atoms with Gasteiger partial charge in [-0.2, -0.15) is 4.98 Å². The molecule has 7 nitrogen and oxygen atoms in total. The first kappa shape index (κ1) is 16.8. The van der Waals surface area contributed by atoms with E-state index in [1.54, 1.807) is 12.3 Å². The zero-order chi connectivity index (χ0) is 17.5. The van der Waals surface area contributed by atoms with Gasteiger partial charge in [0, 0.05) is 18.5 Å². The summed E-state index contributed by atoms with van der Waals surface area (Å²) < 4.78 is 10.4. The van der Waals surface area contributed by atoms with Crippen molar-refractivity contribution < 1.29 is 13.7 Å². The third-order valence-corrected chi connectivity index (χ3v) is 3.69. The fraction of sp³-hybridized carbons (Fsp3) is 0.278. The molecule has 0 aliphatic carbocycles. The molecule has 0 unspecified atom stereocenters. The molecule has 0 saturated heterocycles. The topological polar surface area (TPSA) is 93.2 Å². The van der Waals surface area contributed by atoms with Gasteiger partial charge in [0.1, 0.15) is 5.76 Å². The molecule has 0 radical (unpaired) electrons. The van der Waals surface area contributed by atoms with Crippen molar-refractivity contribution in [3.05, 3.63) is 59.8 Å². The Hall–Kier alpha value is -3.09. The molecule has 3 rings (SSSR count). The van der Waals surface area contributed by atoms with Crippen LogP contribution in [0.3, 0.4) is 0 Å². The zero-order valence-electron chi connectivity index (χ0n) is 14.0. The standard InChI is InChI=1S/C18H20N4O3/c1-2-16-21-17(25-22-16)14-7-5-13(6-8-14)9-10-19-18(23)20-12-15-4-3-11-24-15/h3-8,11H,2,9-10,12H2,1H3,(H2,19,20,23). The van der Waals surface area contributed by atoms with Crippen LogP contribution in [0, 0.1) is 0 Å². The quantitative estimate of drug-likeness (QED) is 0.690. The van der Waals surface area contributed by atoms with Crippen LogP contribution in [0.1, 0.15) is 24.1 Å². The molecule has 3 aromatic rings. The van der Waals surface area contributed by atoms with Crippen molar-refractivity contribution >= 4 is 6.03 Å². The average Bonchev–Trinajstić information content (AvgIpc) is 3.32. The Labute approximate surface area is 145 Å². The van der Waals surface area contributed by atoms with Crippen LogP contribution in [0.4, 0.5) is 4.79 Å². The molecule has 130 valence electrons. The van der Waals surface area contributed by atoms with E-state index in [1.807, 2.05) is 37.3 Å². The number of furan rings is 1. The van der Waals surface area contributed by atoms with Crippen molar-refractivity contribution in [2.45, 2.75) is 26.3 Å². The maximum atomic E-state index is 11.7. The number of rotatable bonds is 7. The maximum absolute atomic E-state index is 11.7. The van der Waals surface area contributed by atoms with Crippen molar-refractivity contribution in [3.63, 3.8) is 0 Å². The molecule has 0 fully saturated rings. The van der Waals surface area contributed by atoms with E-state index in [-0.39, 0.29) is 6.03 Å². The van der Waals surface area contributed by atoms with Crippen molar-refractivity contribution in [2.75, 3.05) is 6.54 Å². The van der Waals surface area contributed by atoms with Gasteiger partial charge in [-0.1, -0.05) is 24.2 Å². The molecule has 2 aromatic heterocycles. The van der Waals surface area contributed by atoms with E-state index in [0.717, 1.165) is 29.7 Å². The van der Waals surface area contributed by atoms with E-state index in [2.05, 4.69) is 20.8 Å². The highest BCUT2D eigenvalue weighted by Gasteiger charge is 2.07. The molecule has 1 aromatic carbocycles. The first-order valence-corrected chi connectivity index (χ1v) is 8.20. The van der Waals surface area contributed by atoms with Gasteiger partial charge in [-0.05, 0) is 36.2 Å². The zero-order valence-corrected chi connectivity index (χ0v) is 14.0. The first-order valence-electron chi connectivity index (χ1n) is 8.20. The second-order valence-electron chi connectivity index (χ2n) is 5.51. The van der Waals surface area contributed by atoms with Crippen LogP contribution in [-0.4, -0.2) is 22.7 Å². The Balaban J connectivity index is 1.43. The van der Waals surface area contributed by atoms with Crippen molar-refractivity contribution in [1.82, 2.24) is 20.8 Å². The van der Waals surface area contributed by atoms with Crippen molar-refractivity contribution in [3.8, 4) is 11.5 Å². The highest BCUT2D eigenvalue weighted by Crippen LogP contribution is 2.18. The van der Waals surface area contributed by atoms with Crippen LogP contribution < -0.4 is 10.6 Å². The van der Waals surface area contributed by atoms with Crippen LogP contribution in [0.25, 0.3) is 11.5 Å². The predicted octanol–water partition coefficient (Wildman–Crippen LogP) is 2.93. The molecule has 0 atom stereocenters. The lowest BCUT2D eigenvalue weighted by Gasteiger charge is -2.07. The van der Waals surface area contributed by atoms with Gasteiger partial charge in [0.25, 0.3) is 5.89 Å². The molecule has 7 heteroatoms. The Bertz CT molecular complexity index is 794. The lowest BCUT2D eigenvalue weighted by molar-refractivity contribution is 0.239. The summed E-state index contributed by atoms with van der Waals surface area (Å²) in [6.07, 6.45) is 3.06. The number of hydrogen-bond donors (Lipinski definition) is 2. The summed E-state index contributed by atoms with van der Waals surface area (Å²) in [6.45, 7) is 2.90. The van der Waals surface area contributed by atoms with Gasteiger partial charge in [-0.3, -0.25) is 0 Å². The number of nitrogens with zero attached hydrogens (tertiary/aromatic N) is 2. The largest absolute Gasteiger partial charge is 0.467 e. The molecule has 2 N–H and O–H groups in total. The molecule has 0 aliphatic heterocycles. The van der Waals surface area contributed by atoms with E-state index in [4.69, 9.17) is 8.94 Å². The minimum atomic E-state index is -0.217. The molecule has 2 heterocycles. The second kappa shape index (κ2) is 8.14. The fourth-order valence-electron chi connectivity index (χ4n) is 2.29. The number of carbonyl (C=O) groups is 1. The number of urea groups is 1. The summed E-state index contributed by atoms with van der Waals surface area (Å²) in [4.78, 5) is 16.0. The van der Waals surface area contributed by atoms with E-state index < -0.39 is 0 Å². The Kier molecular flexibility index (Phi) is 5.46. The van der Waals surface area contributed by atoms with E-state index in [0.29, 0.717) is 24.8 Å². The smallest absolute Gasteiger partial charge is 0.315 e. The van der Waals surface area contributed by atoms with Gasteiger partial charge in [0.15, 0.2) is 5.82 Å². The molecule has 0 aliphatic rings. The molecule has 25 heavy (non-hydrogen) atoms. The summed E-state index contributed by atoms with van der Waals surface area (Å²) in [5.74, 6) is 1.95. The minimum absolute atomic E-state index is 0.217. The molecule has 0 bridgehead atoms. The van der Waals surface area contributed by atoms with E-state index in [9.17, 15) is 4.79 Å². The third-order valence-electron chi connectivity index (χ3n) is 3.69. The highest BCUT2D eigenvalue weighted by molar-refractivity contribution is 5.73. The Morgan fingerprint density at radius 3 is 2.68 bits per heavy atom. The van der Waals surface area contributed by atoms with Crippen LogP contribution >= 0.6 is 0 Å². The van der Waals surface area contributed by atoms with Crippen LogP contribution in [0.2, 0.25) is 0 Å². The van der Waals surface area contributed by atoms with E-state index >= 15 is 0 Å². The maximum Gasteiger partial charge on any atom is 0.315 e. The summed E-state index contributed by atoms with van der Waals surface area (Å²) in [5.41, 5.74) is 2.01. The Morgan fingerprint density at radius 2 is 2.00 bits per heavy atom. The van der Waals surface area contributed by atoms with Crippen LogP contribution in [0.15, 0.2) is 51.6 Å². The molecular weight excluding hydrogens is 320 g/mol. The Morgan fingerprint density at radius 1 is 1.16 bits per heavy atom. The monoisotopic (exact) mass is 340 g/mol. The molecular formula is C18H20N4O3. The number of hydrogen-bond acceptors (Lipinski definition) is 5. The number of aryl methyl sites for hydroxylation is 1. The number of aromatic nitrogens is 2. The first-order chi connectivity index (χ1) is 12.2. The molecule has 0 saturated carbocycles. The van der Waals surface area contributed by atoms with Gasteiger partial charge >= 0.3 is 6.03 Å². The average molecular weight is 340 g/mol. The summed E-state index contributed by atoms with van der Waals surface area (Å²) in [6, 6.07) is 11.3. The normalized spacial score (nSPS) is 10.6.